The Balaban J connectivity index is 1.53. The number of anilines is 2. The van der Waals surface area contributed by atoms with E-state index < -0.39 is 0 Å². The number of pyridine rings is 1. The summed E-state index contributed by atoms with van der Waals surface area (Å²) >= 11 is 0. The molecule has 1 aliphatic heterocycles. The van der Waals surface area contributed by atoms with Gasteiger partial charge in [-0.3, -0.25) is 9.59 Å². The van der Waals surface area contributed by atoms with E-state index in [0.29, 0.717) is 42.6 Å². The minimum atomic E-state index is -0.242. The first-order valence-corrected chi connectivity index (χ1v) is 12.3. The van der Waals surface area contributed by atoms with E-state index >= 15 is 0 Å². The van der Waals surface area contributed by atoms with Gasteiger partial charge in [-0.05, 0) is 43.2 Å². The number of aromatic nitrogens is 1. The molecule has 0 saturated carbocycles. The van der Waals surface area contributed by atoms with E-state index in [1.54, 1.807) is 30.3 Å². The highest BCUT2D eigenvalue weighted by atomic mass is 16.5. The molecule has 0 unspecified atom stereocenters. The number of rotatable bonds is 5. The fourth-order valence-corrected chi connectivity index (χ4v) is 4.14. The number of methoxy groups -OCH3 is 1. The summed E-state index contributed by atoms with van der Waals surface area (Å²) in [5.74, 6) is 1.38. The number of fused-ring (bicyclic) bond motifs is 2. The molecular weight excluding hydrogens is 456 g/mol. The normalized spacial score (nSPS) is 14.4. The number of benzene rings is 2. The third-order valence-electron chi connectivity index (χ3n) is 6.05. The number of nitrogens with one attached hydrogen (secondary N) is 2. The molecule has 0 aliphatic carbocycles. The summed E-state index contributed by atoms with van der Waals surface area (Å²) in [6.45, 7) is 1.37. The van der Waals surface area contributed by atoms with Crippen molar-refractivity contribution in [2.45, 2.75) is 32.2 Å². The second-order valence-corrected chi connectivity index (χ2v) is 8.60. The van der Waals surface area contributed by atoms with Gasteiger partial charge in [0.2, 0.25) is 5.91 Å². The summed E-state index contributed by atoms with van der Waals surface area (Å²) in [7, 11) is 1.60. The number of carbonyl (C=O) groups excluding carboxylic acids is 2. The third-order valence-corrected chi connectivity index (χ3v) is 6.05. The van der Waals surface area contributed by atoms with Gasteiger partial charge in [-0.15, -0.1) is 0 Å². The zero-order chi connectivity index (χ0) is 25.2. The lowest BCUT2D eigenvalue weighted by Crippen LogP contribution is -2.41. The lowest BCUT2D eigenvalue weighted by Gasteiger charge is -2.24. The number of hydrogen-bond donors (Lipinski definition) is 2. The van der Waals surface area contributed by atoms with E-state index in [-0.39, 0.29) is 18.4 Å². The molecule has 0 bridgehead atoms. The first kappa shape index (κ1) is 25.0. The third kappa shape index (κ3) is 6.53. The number of nitrogens with zero attached hydrogens (tertiary/aromatic N) is 2. The molecule has 0 radical (unpaired) electrons. The molecule has 2 aromatic carbocycles. The van der Waals surface area contributed by atoms with Gasteiger partial charge in [0.25, 0.3) is 5.91 Å². The Hall–Kier alpha value is -4.07. The molecule has 0 atom stereocenters. The van der Waals surface area contributed by atoms with Gasteiger partial charge in [-0.2, -0.15) is 0 Å². The summed E-state index contributed by atoms with van der Waals surface area (Å²) in [6, 6.07) is 18.6. The molecule has 3 aromatic rings. The first-order valence-electron chi connectivity index (χ1n) is 12.3. The topological polar surface area (TPSA) is 92.8 Å². The van der Waals surface area contributed by atoms with E-state index in [9.17, 15) is 9.59 Å². The maximum absolute atomic E-state index is 13.6. The van der Waals surface area contributed by atoms with Crippen molar-refractivity contribution in [3.05, 3.63) is 78.0 Å². The lowest BCUT2D eigenvalue weighted by atomic mass is 10.1. The number of amides is 2. The van der Waals surface area contributed by atoms with E-state index in [2.05, 4.69) is 15.6 Å². The van der Waals surface area contributed by atoms with E-state index in [0.717, 1.165) is 36.9 Å². The highest BCUT2D eigenvalue weighted by molar-refractivity contribution is 6.01. The Morgan fingerprint density at radius 2 is 1.86 bits per heavy atom. The summed E-state index contributed by atoms with van der Waals surface area (Å²) in [5.41, 5.74) is 2.02. The Labute approximate surface area is 211 Å². The van der Waals surface area contributed by atoms with Gasteiger partial charge in [0.05, 0.1) is 31.5 Å². The van der Waals surface area contributed by atoms with E-state index in [1.165, 1.54) is 0 Å². The maximum Gasteiger partial charge on any atom is 0.258 e. The Bertz CT molecular complexity index is 1180. The van der Waals surface area contributed by atoms with Gasteiger partial charge in [0.1, 0.15) is 17.3 Å². The number of hydrogen-bond acceptors (Lipinski definition) is 6. The maximum atomic E-state index is 13.6. The highest BCUT2D eigenvalue weighted by Gasteiger charge is 2.23. The molecule has 2 amide bonds. The predicted octanol–water partition coefficient (Wildman–Crippen LogP) is 4.55. The van der Waals surface area contributed by atoms with Gasteiger partial charge in [-0.25, -0.2) is 4.98 Å². The molecule has 0 saturated heterocycles. The standard InChI is InChI=1S/C28H32N4O4/c1-35-24-14-6-4-11-21(24)19-30-26(33)20-32-17-8-2-3-9-18-36-25-15-7-5-13-23(25)31-27-22(28(32)34)12-10-16-29-27/h4-7,10-16H,2-3,8-9,17-20H2,1H3,(H,29,31)(H,30,33). The zero-order valence-electron chi connectivity index (χ0n) is 20.5. The molecule has 1 aliphatic rings. The smallest absolute Gasteiger partial charge is 0.258 e. The molecule has 8 heteroatoms. The molecule has 36 heavy (non-hydrogen) atoms. The quantitative estimate of drug-likeness (QED) is 0.548. The lowest BCUT2D eigenvalue weighted by molar-refractivity contribution is -0.122. The SMILES string of the molecule is COc1ccccc1CNC(=O)CN1CCCCCCOc2ccccc2Nc2ncccc2C1=O. The molecule has 2 heterocycles. The second kappa shape index (κ2) is 12.6. The molecule has 2 N–H and O–H groups in total. The number of ether oxygens (including phenoxy) is 2. The van der Waals surface area contributed by atoms with Crippen LogP contribution in [0.1, 0.15) is 41.6 Å². The fraction of sp³-hybridized carbons (Fsp3) is 0.321. The monoisotopic (exact) mass is 488 g/mol. The van der Waals surface area contributed by atoms with Crippen molar-refractivity contribution in [2.75, 3.05) is 32.1 Å². The minimum Gasteiger partial charge on any atom is -0.496 e. The highest BCUT2D eigenvalue weighted by Crippen LogP contribution is 2.29. The zero-order valence-corrected chi connectivity index (χ0v) is 20.5. The molecular formula is C28H32N4O4. The van der Waals surface area contributed by atoms with Gasteiger partial charge >= 0.3 is 0 Å². The fourth-order valence-electron chi connectivity index (χ4n) is 4.14. The first-order chi connectivity index (χ1) is 17.7. The van der Waals surface area contributed by atoms with Crippen LogP contribution in [0.15, 0.2) is 66.9 Å². The van der Waals surface area contributed by atoms with Gasteiger partial charge in [0, 0.05) is 24.8 Å². The van der Waals surface area contributed by atoms with Crippen LogP contribution in [0.2, 0.25) is 0 Å². The van der Waals surface area contributed by atoms with Gasteiger partial charge < -0.3 is 25.0 Å². The number of carbonyl (C=O) groups is 2. The van der Waals surface area contributed by atoms with Gasteiger partial charge in [0.15, 0.2) is 0 Å². The van der Waals surface area contributed by atoms with Crippen LogP contribution >= 0.6 is 0 Å². The molecule has 0 fully saturated rings. The van der Waals surface area contributed by atoms with Crippen LogP contribution in [-0.4, -0.2) is 48.5 Å². The van der Waals surface area contributed by atoms with Crippen molar-refractivity contribution in [1.82, 2.24) is 15.2 Å². The van der Waals surface area contributed by atoms with E-state index in [4.69, 9.17) is 9.47 Å². The van der Waals surface area contributed by atoms with Crippen LogP contribution in [0.3, 0.4) is 0 Å². The summed E-state index contributed by atoms with van der Waals surface area (Å²) in [5, 5.41) is 6.18. The summed E-state index contributed by atoms with van der Waals surface area (Å²) < 4.78 is 11.3. The van der Waals surface area contributed by atoms with Crippen LogP contribution in [0.5, 0.6) is 11.5 Å². The van der Waals surface area contributed by atoms with Crippen molar-refractivity contribution in [2.24, 2.45) is 0 Å². The second-order valence-electron chi connectivity index (χ2n) is 8.60. The molecule has 188 valence electrons. The van der Waals surface area contributed by atoms with Crippen LogP contribution in [0, 0.1) is 0 Å². The Morgan fingerprint density at radius 1 is 1.06 bits per heavy atom. The van der Waals surface area contributed by atoms with Crippen molar-refractivity contribution >= 4 is 23.3 Å². The van der Waals surface area contributed by atoms with E-state index in [1.807, 2.05) is 48.5 Å². The van der Waals surface area contributed by atoms with Crippen LogP contribution < -0.4 is 20.1 Å². The summed E-state index contributed by atoms with van der Waals surface area (Å²) in [6.07, 6.45) is 5.27. The Morgan fingerprint density at radius 3 is 2.75 bits per heavy atom. The van der Waals surface area contributed by atoms with Crippen molar-refractivity contribution in [3.63, 3.8) is 0 Å². The molecule has 4 rings (SSSR count). The average Bonchev–Trinajstić information content (AvgIpc) is 2.91. The van der Waals surface area contributed by atoms with Crippen molar-refractivity contribution in [1.29, 1.82) is 0 Å². The molecule has 0 spiro atoms. The van der Waals surface area contributed by atoms with Crippen LogP contribution in [0.4, 0.5) is 11.5 Å². The molecule has 8 nitrogen and oxygen atoms in total. The van der Waals surface area contributed by atoms with Crippen LogP contribution in [-0.2, 0) is 11.3 Å². The largest absolute Gasteiger partial charge is 0.496 e. The van der Waals surface area contributed by atoms with Crippen molar-refractivity contribution < 1.29 is 19.1 Å². The average molecular weight is 489 g/mol. The predicted molar refractivity (Wildman–Crippen MR) is 139 cm³/mol. The Kier molecular flexibility index (Phi) is 8.75. The molecule has 1 aromatic heterocycles. The van der Waals surface area contributed by atoms with Crippen LogP contribution in [0.25, 0.3) is 0 Å². The van der Waals surface area contributed by atoms with Crippen molar-refractivity contribution in [3.8, 4) is 11.5 Å². The van der Waals surface area contributed by atoms with Gasteiger partial charge in [-0.1, -0.05) is 43.2 Å². The minimum absolute atomic E-state index is 0.0397. The number of para-hydroxylation sites is 3. The summed E-state index contributed by atoms with van der Waals surface area (Å²) in [4.78, 5) is 32.6.